The van der Waals surface area contributed by atoms with Crippen molar-refractivity contribution in [3.8, 4) is 22.8 Å². The molecule has 0 saturated heterocycles. The quantitative estimate of drug-likeness (QED) is 0.370. The minimum atomic E-state index is -0.137. The Morgan fingerprint density at radius 3 is 2.44 bits per heavy atom. The smallest absolute Gasteiger partial charge is 0.234 e. The lowest BCUT2D eigenvalue weighted by Crippen LogP contribution is -2.15. The minimum absolute atomic E-state index is 0.137. The molecular formula is C25H24N4O2S. The van der Waals surface area contributed by atoms with Crippen LogP contribution in [0.3, 0.4) is 0 Å². The van der Waals surface area contributed by atoms with Gasteiger partial charge in [0.25, 0.3) is 0 Å². The molecule has 1 aromatic heterocycles. The van der Waals surface area contributed by atoms with Gasteiger partial charge in [-0.3, -0.25) is 9.36 Å². The summed E-state index contributed by atoms with van der Waals surface area (Å²) in [5, 5.41) is 12.4. The topological polar surface area (TPSA) is 69.0 Å². The number of carbonyl (C=O) groups is 1. The standard InChI is InChI=1S/C25H24N4O2S/c1-3-31-22-12-8-7-11-21(22)26-23(30)17-32-25-28-27-24(19-15-13-18(2)14-16-19)29(25)20-9-5-4-6-10-20/h4-16H,3,17H2,1-2H3,(H,26,30). The summed E-state index contributed by atoms with van der Waals surface area (Å²) in [7, 11) is 0. The van der Waals surface area contributed by atoms with Crippen LogP contribution in [0, 0.1) is 6.92 Å². The number of amides is 1. The molecule has 4 aromatic rings. The number of carbonyl (C=O) groups excluding carboxylic acids is 1. The van der Waals surface area contributed by atoms with E-state index in [1.54, 1.807) is 0 Å². The first-order valence-electron chi connectivity index (χ1n) is 10.4. The first-order valence-corrected chi connectivity index (χ1v) is 11.4. The molecule has 0 fully saturated rings. The molecule has 0 aliphatic heterocycles. The third kappa shape index (κ3) is 5.00. The van der Waals surface area contributed by atoms with Crippen LogP contribution in [0.1, 0.15) is 12.5 Å². The second-order valence-electron chi connectivity index (χ2n) is 7.11. The molecule has 1 amide bonds. The highest BCUT2D eigenvalue weighted by atomic mass is 32.2. The number of rotatable bonds is 8. The molecular weight excluding hydrogens is 420 g/mol. The molecule has 1 heterocycles. The van der Waals surface area contributed by atoms with Crippen LogP contribution in [0.2, 0.25) is 0 Å². The van der Waals surface area contributed by atoms with Gasteiger partial charge in [-0.1, -0.05) is 71.9 Å². The molecule has 0 aliphatic carbocycles. The summed E-state index contributed by atoms with van der Waals surface area (Å²) in [5.74, 6) is 1.45. The van der Waals surface area contributed by atoms with E-state index in [1.807, 2.05) is 78.2 Å². The third-order valence-electron chi connectivity index (χ3n) is 4.75. The summed E-state index contributed by atoms with van der Waals surface area (Å²) < 4.78 is 7.57. The number of nitrogens with one attached hydrogen (secondary N) is 1. The predicted molar refractivity (Wildman–Crippen MR) is 128 cm³/mol. The van der Waals surface area contributed by atoms with Gasteiger partial charge < -0.3 is 10.1 Å². The van der Waals surface area contributed by atoms with Gasteiger partial charge >= 0.3 is 0 Å². The molecule has 0 unspecified atom stereocenters. The van der Waals surface area contributed by atoms with E-state index in [9.17, 15) is 4.79 Å². The fraction of sp³-hybridized carbons (Fsp3) is 0.160. The SMILES string of the molecule is CCOc1ccccc1NC(=O)CSc1nnc(-c2ccc(C)cc2)n1-c1ccccc1. The van der Waals surface area contributed by atoms with Crippen molar-refractivity contribution in [3.05, 3.63) is 84.4 Å². The highest BCUT2D eigenvalue weighted by Crippen LogP contribution is 2.29. The van der Waals surface area contributed by atoms with Crippen LogP contribution in [0.15, 0.2) is 84.0 Å². The highest BCUT2D eigenvalue weighted by molar-refractivity contribution is 7.99. The maximum atomic E-state index is 12.7. The summed E-state index contributed by atoms with van der Waals surface area (Å²) >= 11 is 1.34. The van der Waals surface area contributed by atoms with Crippen molar-refractivity contribution < 1.29 is 9.53 Å². The van der Waals surface area contributed by atoms with Gasteiger partial charge in [0.15, 0.2) is 11.0 Å². The Hall–Kier alpha value is -3.58. The van der Waals surface area contributed by atoms with Gasteiger partial charge in [0.2, 0.25) is 5.91 Å². The van der Waals surface area contributed by atoms with Crippen LogP contribution in [-0.4, -0.2) is 33.0 Å². The van der Waals surface area contributed by atoms with Crippen molar-refractivity contribution in [2.45, 2.75) is 19.0 Å². The molecule has 0 bridgehead atoms. The van der Waals surface area contributed by atoms with Gasteiger partial charge in [0, 0.05) is 11.3 Å². The molecule has 6 nitrogen and oxygen atoms in total. The number of aromatic nitrogens is 3. The maximum Gasteiger partial charge on any atom is 0.234 e. The zero-order chi connectivity index (χ0) is 22.3. The summed E-state index contributed by atoms with van der Waals surface area (Å²) in [6.45, 7) is 4.50. The molecule has 3 aromatic carbocycles. The number of hydrogen-bond acceptors (Lipinski definition) is 5. The summed E-state index contributed by atoms with van der Waals surface area (Å²) in [4.78, 5) is 12.7. The van der Waals surface area contributed by atoms with Gasteiger partial charge in [0.05, 0.1) is 18.0 Å². The Kier molecular flexibility index (Phi) is 6.87. The largest absolute Gasteiger partial charge is 0.492 e. The first kappa shape index (κ1) is 21.6. The molecule has 1 N–H and O–H groups in total. The lowest BCUT2D eigenvalue weighted by Gasteiger charge is -2.12. The number of aryl methyl sites for hydroxylation is 1. The van der Waals surface area contributed by atoms with E-state index in [4.69, 9.17) is 4.74 Å². The van der Waals surface area contributed by atoms with Crippen LogP contribution < -0.4 is 10.1 Å². The molecule has 0 spiro atoms. The number of hydrogen-bond donors (Lipinski definition) is 1. The zero-order valence-electron chi connectivity index (χ0n) is 18.0. The molecule has 0 aliphatic rings. The maximum absolute atomic E-state index is 12.7. The van der Waals surface area contributed by atoms with Crippen molar-refractivity contribution in [1.82, 2.24) is 14.8 Å². The molecule has 7 heteroatoms. The average molecular weight is 445 g/mol. The van der Waals surface area contributed by atoms with Gasteiger partial charge in [-0.25, -0.2) is 0 Å². The van der Waals surface area contributed by atoms with Crippen LogP contribution in [0.4, 0.5) is 5.69 Å². The van der Waals surface area contributed by atoms with Gasteiger partial charge in [-0.05, 0) is 38.1 Å². The van der Waals surface area contributed by atoms with Gasteiger partial charge in [0.1, 0.15) is 5.75 Å². The highest BCUT2D eigenvalue weighted by Gasteiger charge is 2.17. The number of thioether (sulfide) groups is 1. The van der Waals surface area contributed by atoms with Crippen molar-refractivity contribution in [2.75, 3.05) is 17.7 Å². The fourth-order valence-electron chi connectivity index (χ4n) is 3.23. The lowest BCUT2D eigenvalue weighted by molar-refractivity contribution is -0.113. The second-order valence-corrected chi connectivity index (χ2v) is 8.05. The van der Waals surface area contributed by atoms with E-state index in [0.29, 0.717) is 23.2 Å². The number of benzene rings is 3. The van der Waals surface area contributed by atoms with E-state index in [1.165, 1.54) is 17.3 Å². The average Bonchev–Trinajstić information content (AvgIpc) is 3.24. The lowest BCUT2D eigenvalue weighted by atomic mass is 10.1. The summed E-state index contributed by atoms with van der Waals surface area (Å²) in [5.41, 5.74) is 3.74. The van der Waals surface area contributed by atoms with E-state index in [2.05, 4.69) is 34.6 Å². The molecule has 0 atom stereocenters. The number of para-hydroxylation sites is 3. The number of anilines is 1. The van der Waals surface area contributed by atoms with Crippen molar-refractivity contribution in [1.29, 1.82) is 0 Å². The number of ether oxygens (including phenoxy) is 1. The van der Waals surface area contributed by atoms with E-state index in [-0.39, 0.29) is 11.7 Å². The van der Waals surface area contributed by atoms with Crippen molar-refractivity contribution >= 4 is 23.4 Å². The normalized spacial score (nSPS) is 10.7. The molecule has 162 valence electrons. The molecule has 0 radical (unpaired) electrons. The Morgan fingerprint density at radius 1 is 0.969 bits per heavy atom. The van der Waals surface area contributed by atoms with Crippen LogP contribution in [0.5, 0.6) is 5.75 Å². The summed E-state index contributed by atoms with van der Waals surface area (Å²) in [6.07, 6.45) is 0. The second kappa shape index (κ2) is 10.2. The monoisotopic (exact) mass is 444 g/mol. The molecule has 4 rings (SSSR count). The zero-order valence-corrected chi connectivity index (χ0v) is 18.8. The Bertz CT molecular complexity index is 1190. The van der Waals surface area contributed by atoms with E-state index >= 15 is 0 Å². The Labute approximate surface area is 191 Å². The Balaban J connectivity index is 1.56. The minimum Gasteiger partial charge on any atom is -0.492 e. The molecule has 32 heavy (non-hydrogen) atoms. The van der Waals surface area contributed by atoms with Crippen LogP contribution in [0.25, 0.3) is 17.1 Å². The van der Waals surface area contributed by atoms with Crippen LogP contribution in [-0.2, 0) is 4.79 Å². The number of nitrogens with zero attached hydrogens (tertiary/aromatic N) is 3. The predicted octanol–water partition coefficient (Wildman–Crippen LogP) is 5.37. The van der Waals surface area contributed by atoms with Gasteiger partial charge in [-0.2, -0.15) is 0 Å². The van der Waals surface area contributed by atoms with E-state index in [0.717, 1.165) is 17.1 Å². The Morgan fingerprint density at radius 2 is 1.69 bits per heavy atom. The van der Waals surface area contributed by atoms with E-state index < -0.39 is 0 Å². The van der Waals surface area contributed by atoms with Gasteiger partial charge in [-0.15, -0.1) is 10.2 Å². The molecule has 0 saturated carbocycles. The first-order chi connectivity index (χ1) is 15.7. The third-order valence-corrected chi connectivity index (χ3v) is 5.68. The van der Waals surface area contributed by atoms with Crippen LogP contribution >= 0.6 is 11.8 Å². The van der Waals surface area contributed by atoms with Crippen molar-refractivity contribution in [2.24, 2.45) is 0 Å². The summed E-state index contributed by atoms with van der Waals surface area (Å²) in [6, 6.07) is 25.5. The van der Waals surface area contributed by atoms with Crippen molar-refractivity contribution in [3.63, 3.8) is 0 Å². The fourth-order valence-corrected chi connectivity index (χ4v) is 3.98.